The summed E-state index contributed by atoms with van der Waals surface area (Å²) in [5, 5.41) is 50.3. The average molecular weight is 971 g/mol. The molecule has 68 heavy (non-hydrogen) atoms. The molecule has 0 heterocycles. The van der Waals surface area contributed by atoms with Gasteiger partial charge in [-0.05, 0) is 109 Å². The first-order valence-corrected chi connectivity index (χ1v) is 26.5. The second-order valence-corrected chi connectivity index (χ2v) is 18.0. The maximum absolute atomic E-state index is 12.9. The summed E-state index contributed by atoms with van der Waals surface area (Å²) in [6.07, 6.45) is 52.3. The fraction of sp³-hybridized carbons (Fsp3) is 0.582. The number of phosphoric acid groups is 1. The molecule has 0 aromatic heterocycles. The van der Waals surface area contributed by atoms with E-state index in [-0.39, 0.29) is 13.0 Å². The van der Waals surface area contributed by atoms with Crippen molar-refractivity contribution in [2.75, 3.05) is 19.8 Å². The smallest absolute Gasteiger partial charge is 0.457 e. The first-order chi connectivity index (χ1) is 33.0. The molecular weight excluding hydrogens is 884 g/mol. The number of aliphatic hydroxyl groups is 5. The third-order valence-electron chi connectivity index (χ3n) is 10.5. The van der Waals surface area contributed by atoms with E-state index in [4.69, 9.17) is 18.5 Å². The SMILES string of the molecule is CC/C=C\C/C=C\C/C=C\C/C=C\C/C=C\C/C=C\CCCCCCC(=O)OC(COCCCC/C=C\C/C=C\C/C=C\C/C=C\C/C=C\CC)COP(=O)(O)OC1C(O)C(O)C(O)C(O)C1O. The van der Waals surface area contributed by atoms with Crippen molar-refractivity contribution < 1.29 is 58.3 Å². The predicted molar refractivity (Wildman–Crippen MR) is 276 cm³/mol. The first kappa shape index (κ1) is 62.5. The Morgan fingerprint density at radius 2 is 0.824 bits per heavy atom. The molecule has 1 rings (SSSR count). The summed E-state index contributed by atoms with van der Waals surface area (Å²) >= 11 is 0. The van der Waals surface area contributed by atoms with E-state index in [1.165, 1.54) is 0 Å². The van der Waals surface area contributed by atoms with Crippen LogP contribution in [-0.2, 0) is 27.9 Å². The van der Waals surface area contributed by atoms with Crippen LogP contribution in [0.15, 0.2) is 134 Å². The summed E-state index contributed by atoms with van der Waals surface area (Å²) in [7, 11) is -5.05. The lowest BCUT2D eigenvalue weighted by molar-refractivity contribution is -0.220. The molecule has 6 atom stereocenters. The topological polar surface area (TPSA) is 192 Å². The number of rotatable bonds is 40. The lowest BCUT2D eigenvalue weighted by Crippen LogP contribution is -2.64. The minimum absolute atomic E-state index is 0.127. The Morgan fingerprint density at radius 1 is 0.471 bits per heavy atom. The Balaban J connectivity index is 2.43. The van der Waals surface area contributed by atoms with Crippen molar-refractivity contribution >= 4 is 13.8 Å². The van der Waals surface area contributed by atoms with Crippen LogP contribution in [0.4, 0.5) is 0 Å². The monoisotopic (exact) mass is 971 g/mol. The van der Waals surface area contributed by atoms with Gasteiger partial charge in [0.2, 0.25) is 0 Å². The molecule has 0 aliphatic heterocycles. The summed E-state index contributed by atoms with van der Waals surface area (Å²) in [5.41, 5.74) is 0. The van der Waals surface area contributed by atoms with Crippen LogP contribution in [0.1, 0.15) is 142 Å². The molecule has 0 aromatic rings. The van der Waals surface area contributed by atoms with Gasteiger partial charge in [-0.25, -0.2) is 4.57 Å². The highest BCUT2D eigenvalue weighted by molar-refractivity contribution is 7.47. The van der Waals surface area contributed by atoms with Crippen LogP contribution in [0, 0.1) is 0 Å². The third-order valence-corrected chi connectivity index (χ3v) is 11.5. The second-order valence-electron chi connectivity index (χ2n) is 16.5. The number of carbonyl (C=O) groups excluding carboxylic acids is 1. The normalized spacial score (nSPS) is 22.3. The molecule has 0 bridgehead atoms. The van der Waals surface area contributed by atoms with Crippen molar-refractivity contribution in [2.24, 2.45) is 0 Å². The van der Waals surface area contributed by atoms with Gasteiger partial charge in [0, 0.05) is 13.0 Å². The van der Waals surface area contributed by atoms with Crippen molar-refractivity contribution in [1.29, 1.82) is 0 Å². The number of allylic oxidation sites excluding steroid dienone is 22. The van der Waals surface area contributed by atoms with Crippen LogP contribution >= 0.6 is 7.82 Å². The van der Waals surface area contributed by atoms with Crippen molar-refractivity contribution in [3.63, 3.8) is 0 Å². The number of phosphoric ester groups is 1. The Morgan fingerprint density at radius 3 is 1.24 bits per heavy atom. The summed E-state index contributed by atoms with van der Waals surface area (Å²) in [4.78, 5) is 23.2. The van der Waals surface area contributed by atoms with E-state index in [1.807, 2.05) is 0 Å². The highest BCUT2D eigenvalue weighted by Crippen LogP contribution is 2.47. The fourth-order valence-corrected chi connectivity index (χ4v) is 7.59. The molecule has 1 saturated carbocycles. The van der Waals surface area contributed by atoms with Gasteiger partial charge in [0.25, 0.3) is 0 Å². The van der Waals surface area contributed by atoms with Gasteiger partial charge in [0.1, 0.15) is 42.7 Å². The average Bonchev–Trinajstić information content (AvgIpc) is 3.32. The zero-order valence-corrected chi connectivity index (χ0v) is 42.0. The highest BCUT2D eigenvalue weighted by atomic mass is 31.2. The molecule has 6 unspecified atom stereocenters. The molecule has 384 valence electrons. The molecule has 0 radical (unpaired) electrons. The summed E-state index contributed by atoms with van der Waals surface area (Å²) in [6.45, 7) is 3.88. The lowest BCUT2D eigenvalue weighted by atomic mass is 9.85. The van der Waals surface area contributed by atoms with Crippen LogP contribution in [0.25, 0.3) is 0 Å². The van der Waals surface area contributed by atoms with Crippen LogP contribution in [-0.4, -0.2) is 98.9 Å². The van der Waals surface area contributed by atoms with Gasteiger partial charge < -0.3 is 39.9 Å². The van der Waals surface area contributed by atoms with E-state index in [0.29, 0.717) is 13.0 Å². The van der Waals surface area contributed by atoms with E-state index in [2.05, 4.69) is 148 Å². The van der Waals surface area contributed by atoms with E-state index < -0.39 is 63.1 Å². The molecule has 0 aromatic carbocycles. The minimum atomic E-state index is -5.05. The van der Waals surface area contributed by atoms with E-state index in [1.54, 1.807) is 0 Å². The summed E-state index contributed by atoms with van der Waals surface area (Å²) < 4.78 is 34.2. The van der Waals surface area contributed by atoms with Crippen molar-refractivity contribution in [3.05, 3.63) is 134 Å². The molecule has 1 fully saturated rings. The van der Waals surface area contributed by atoms with Crippen LogP contribution in [0.2, 0.25) is 0 Å². The molecule has 12 nitrogen and oxygen atoms in total. The van der Waals surface area contributed by atoms with E-state index >= 15 is 0 Å². The largest absolute Gasteiger partial charge is 0.472 e. The maximum atomic E-state index is 12.9. The molecule has 0 saturated heterocycles. The summed E-state index contributed by atoms with van der Waals surface area (Å²) in [6, 6.07) is 0. The van der Waals surface area contributed by atoms with Gasteiger partial charge in [0.05, 0.1) is 13.2 Å². The van der Waals surface area contributed by atoms with Crippen LogP contribution in [0.3, 0.4) is 0 Å². The van der Waals surface area contributed by atoms with Gasteiger partial charge in [-0.15, -0.1) is 0 Å². The number of ether oxygens (including phenoxy) is 2. The molecule has 0 amide bonds. The summed E-state index contributed by atoms with van der Waals surface area (Å²) in [5.74, 6) is -0.524. The zero-order valence-electron chi connectivity index (χ0n) is 41.1. The number of unbranched alkanes of at least 4 members (excludes halogenated alkanes) is 6. The van der Waals surface area contributed by atoms with Gasteiger partial charge in [-0.2, -0.15) is 0 Å². The number of hydrogen-bond donors (Lipinski definition) is 6. The van der Waals surface area contributed by atoms with E-state index in [9.17, 15) is 39.8 Å². The Bertz CT molecular complexity index is 1620. The standard InChI is InChI=1S/C55H87O12P/c1-3-5-7-9-11-13-15-17-19-21-23-24-25-26-27-28-30-32-34-36-38-40-42-44-49(56)66-48(47-65-68(62,63)67-55-53(60)51(58)50(57)52(59)54(55)61)46-64-45-43-41-39-37-35-33-31-29-22-20-18-16-14-12-10-8-6-4-2/h5-8,11-14,17-20,23-24,26-27,29-32,35,37,48,50-55,57-61H,3-4,9-10,15-16,21-22,25,28,33-34,36,38-47H2,1-2H3,(H,62,63)/b7-5-,8-6-,13-11-,14-12-,19-17-,20-18-,24-23-,27-26-,31-29-,32-30-,37-35-. The minimum Gasteiger partial charge on any atom is -0.457 e. The zero-order chi connectivity index (χ0) is 49.8. The third kappa shape index (κ3) is 34.7. The number of esters is 1. The Labute approximate surface area is 409 Å². The number of hydrogen-bond acceptors (Lipinski definition) is 11. The van der Waals surface area contributed by atoms with Gasteiger partial charge in [-0.1, -0.05) is 160 Å². The molecule has 1 aliphatic carbocycles. The van der Waals surface area contributed by atoms with Gasteiger partial charge in [-0.3, -0.25) is 13.8 Å². The Hall–Kier alpha value is -3.52. The molecule has 0 spiro atoms. The van der Waals surface area contributed by atoms with Crippen molar-refractivity contribution in [2.45, 2.75) is 185 Å². The van der Waals surface area contributed by atoms with Crippen LogP contribution in [0.5, 0.6) is 0 Å². The molecular formula is C55H87O12P. The quantitative estimate of drug-likeness (QED) is 0.0148. The molecule has 13 heteroatoms. The fourth-order valence-electron chi connectivity index (χ4n) is 6.62. The highest BCUT2D eigenvalue weighted by Gasteiger charge is 2.51. The van der Waals surface area contributed by atoms with Crippen LogP contribution < -0.4 is 0 Å². The number of aliphatic hydroxyl groups excluding tert-OH is 5. The molecule has 6 N–H and O–H groups in total. The lowest BCUT2D eigenvalue weighted by Gasteiger charge is -2.41. The Kier molecular flexibility index (Phi) is 40.0. The second kappa shape index (κ2) is 43.5. The molecule has 1 aliphatic rings. The van der Waals surface area contributed by atoms with Gasteiger partial charge >= 0.3 is 13.8 Å². The maximum Gasteiger partial charge on any atom is 0.472 e. The van der Waals surface area contributed by atoms with Gasteiger partial charge in [0.15, 0.2) is 0 Å². The van der Waals surface area contributed by atoms with Crippen molar-refractivity contribution in [3.8, 4) is 0 Å². The first-order valence-electron chi connectivity index (χ1n) is 25.0. The van der Waals surface area contributed by atoms with Crippen molar-refractivity contribution in [1.82, 2.24) is 0 Å². The predicted octanol–water partition coefficient (Wildman–Crippen LogP) is 11.2. The van der Waals surface area contributed by atoms with E-state index in [0.717, 1.165) is 116 Å². The number of carbonyl (C=O) groups is 1.